The Kier molecular flexibility index (Phi) is 6.33. The van der Waals surface area contributed by atoms with E-state index in [0.29, 0.717) is 16.6 Å². The van der Waals surface area contributed by atoms with Crippen LogP contribution in [-0.4, -0.2) is 24.6 Å². The van der Waals surface area contributed by atoms with E-state index in [1.165, 1.54) is 47.4 Å². The van der Waals surface area contributed by atoms with E-state index in [4.69, 9.17) is 0 Å². The largest absolute Gasteiger partial charge is 0.433 e. The monoisotopic (exact) mass is 542 g/mol. The molecule has 2 aromatic carbocycles. The van der Waals surface area contributed by atoms with E-state index in [9.17, 15) is 33.2 Å². The van der Waals surface area contributed by atoms with Gasteiger partial charge in [-0.2, -0.15) is 23.7 Å². The molecule has 7 nitrogen and oxygen atoms in total. The third kappa shape index (κ3) is 4.23. The second-order valence-corrected chi connectivity index (χ2v) is 9.16. The maximum atomic E-state index is 13.6. The number of fused-ring (bicyclic) bond motifs is 1. The molecule has 1 N–H and O–H groups in total. The van der Waals surface area contributed by atoms with Gasteiger partial charge in [-0.15, -0.1) is 0 Å². The van der Waals surface area contributed by atoms with E-state index in [1.54, 1.807) is 20.0 Å². The van der Waals surface area contributed by atoms with Crippen LogP contribution in [0.3, 0.4) is 0 Å². The van der Waals surface area contributed by atoms with Crippen molar-refractivity contribution in [3.05, 3.63) is 112 Å². The van der Waals surface area contributed by atoms with Crippen LogP contribution < -0.4 is 0 Å². The van der Waals surface area contributed by atoms with E-state index >= 15 is 0 Å². The highest BCUT2D eigenvalue weighted by Crippen LogP contribution is 2.41. The van der Waals surface area contributed by atoms with Crippen molar-refractivity contribution in [3.63, 3.8) is 0 Å². The number of aromatic nitrogens is 4. The average Bonchev–Trinajstić information content (AvgIpc) is 3.38. The zero-order valence-corrected chi connectivity index (χ0v) is 21.0. The summed E-state index contributed by atoms with van der Waals surface area (Å²) < 4.78 is 54.8. The molecule has 5 aromatic rings. The molecule has 0 aliphatic carbocycles. The minimum atomic E-state index is -4.68. The SMILES string of the molecule is Cc1cc(C(O)(c2ccc(C(F)(F)F)nc2)c2cncn2C)cc2c(C#N)c(-c3ccc(F)cc3)c(C#N)nc12. The lowest BCUT2D eigenvalue weighted by atomic mass is 9.82. The molecular formula is C29H18F4N6O. The van der Waals surface area contributed by atoms with Crippen molar-refractivity contribution >= 4 is 10.9 Å². The molecule has 0 radical (unpaired) electrons. The molecule has 11 heteroatoms. The smallest absolute Gasteiger partial charge is 0.374 e. The summed E-state index contributed by atoms with van der Waals surface area (Å²) in [6, 6.07) is 14.4. The van der Waals surface area contributed by atoms with Crippen molar-refractivity contribution in [2.24, 2.45) is 7.05 Å². The molecule has 198 valence electrons. The van der Waals surface area contributed by atoms with Crippen LogP contribution in [0.15, 0.2) is 67.3 Å². The van der Waals surface area contributed by atoms with E-state index in [-0.39, 0.29) is 39.0 Å². The molecule has 0 aliphatic heterocycles. The van der Waals surface area contributed by atoms with Crippen LogP contribution in [0.5, 0.6) is 0 Å². The Morgan fingerprint density at radius 2 is 1.68 bits per heavy atom. The Bertz CT molecular complexity index is 1850. The van der Waals surface area contributed by atoms with E-state index in [2.05, 4.69) is 21.0 Å². The number of hydrogen-bond acceptors (Lipinski definition) is 6. The van der Waals surface area contributed by atoms with Gasteiger partial charge in [-0.25, -0.2) is 14.4 Å². The Labute approximate surface area is 225 Å². The van der Waals surface area contributed by atoms with Crippen LogP contribution in [0.2, 0.25) is 0 Å². The van der Waals surface area contributed by atoms with Crippen molar-refractivity contribution < 1.29 is 22.7 Å². The van der Waals surface area contributed by atoms with Gasteiger partial charge in [-0.3, -0.25) is 4.98 Å². The van der Waals surface area contributed by atoms with Crippen LogP contribution in [0.25, 0.3) is 22.0 Å². The van der Waals surface area contributed by atoms with Crippen molar-refractivity contribution in [3.8, 4) is 23.3 Å². The molecule has 0 fully saturated rings. The van der Waals surface area contributed by atoms with Gasteiger partial charge in [0.2, 0.25) is 0 Å². The minimum absolute atomic E-state index is 0.0294. The number of imidazole rings is 1. The average molecular weight is 542 g/mol. The maximum Gasteiger partial charge on any atom is 0.433 e. The molecule has 0 amide bonds. The molecule has 3 aromatic heterocycles. The lowest BCUT2D eigenvalue weighted by Gasteiger charge is -2.30. The molecule has 1 atom stereocenters. The molecule has 0 saturated heterocycles. The Balaban J connectivity index is 1.84. The summed E-state index contributed by atoms with van der Waals surface area (Å²) in [7, 11) is 1.62. The summed E-state index contributed by atoms with van der Waals surface area (Å²) in [5.74, 6) is -0.501. The minimum Gasteiger partial charge on any atom is -0.374 e. The first-order chi connectivity index (χ1) is 19.0. The topological polar surface area (TPSA) is 111 Å². The number of alkyl halides is 3. The van der Waals surface area contributed by atoms with E-state index < -0.39 is 23.3 Å². The van der Waals surface area contributed by atoms with Crippen molar-refractivity contribution in [1.29, 1.82) is 10.5 Å². The number of nitriles is 2. The summed E-state index contributed by atoms with van der Waals surface area (Å²) in [5.41, 5.74) is -1.29. The van der Waals surface area contributed by atoms with Crippen LogP contribution in [0.1, 0.15) is 39.3 Å². The molecular weight excluding hydrogens is 524 g/mol. The molecule has 1 unspecified atom stereocenters. The van der Waals surface area contributed by atoms with E-state index in [0.717, 1.165) is 18.3 Å². The van der Waals surface area contributed by atoms with Gasteiger partial charge in [0.05, 0.1) is 29.3 Å². The first-order valence-corrected chi connectivity index (χ1v) is 11.8. The lowest BCUT2D eigenvalue weighted by molar-refractivity contribution is -0.141. The van der Waals surface area contributed by atoms with Gasteiger partial charge in [0, 0.05) is 29.8 Å². The number of rotatable bonds is 4. The lowest BCUT2D eigenvalue weighted by Crippen LogP contribution is -2.31. The highest BCUT2D eigenvalue weighted by molar-refractivity contribution is 5.95. The molecule has 0 spiro atoms. The second kappa shape index (κ2) is 9.56. The number of nitrogens with zero attached hydrogens (tertiary/aromatic N) is 6. The number of halogens is 4. The molecule has 0 bridgehead atoms. The number of hydrogen-bond donors (Lipinski definition) is 1. The standard InChI is InChI=1S/C29H18F4N6O/c1-16-9-19(28(40,25-14-36-15-39(25)2)18-5-8-24(37-13-18)29(31,32)33)10-21-22(11-34)26(23(12-35)38-27(16)21)17-3-6-20(30)7-4-17/h3-10,13-15,40H,1-2H3. The number of pyridine rings is 2. The summed E-state index contributed by atoms with van der Waals surface area (Å²) in [6.07, 6.45) is -0.921. The van der Waals surface area contributed by atoms with Gasteiger partial charge in [-0.05, 0) is 47.9 Å². The van der Waals surface area contributed by atoms with Gasteiger partial charge in [0.25, 0.3) is 0 Å². The summed E-state index contributed by atoms with van der Waals surface area (Å²) >= 11 is 0. The van der Waals surface area contributed by atoms with Crippen molar-refractivity contribution in [1.82, 2.24) is 19.5 Å². The predicted octanol–water partition coefficient (Wildman–Crippen LogP) is 5.52. The molecule has 40 heavy (non-hydrogen) atoms. The first kappa shape index (κ1) is 26.5. The van der Waals surface area contributed by atoms with Crippen LogP contribution in [-0.2, 0) is 18.8 Å². The van der Waals surface area contributed by atoms with Crippen molar-refractivity contribution in [2.45, 2.75) is 18.7 Å². The zero-order chi connectivity index (χ0) is 28.8. The normalized spacial score (nSPS) is 13.0. The Morgan fingerprint density at radius 3 is 2.23 bits per heavy atom. The second-order valence-electron chi connectivity index (χ2n) is 9.16. The fourth-order valence-electron chi connectivity index (χ4n) is 4.79. The highest BCUT2D eigenvalue weighted by atomic mass is 19.4. The molecule has 0 aliphatic rings. The third-order valence-electron chi connectivity index (χ3n) is 6.71. The van der Waals surface area contributed by atoms with E-state index in [1.807, 2.05) is 6.07 Å². The predicted molar refractivity (Wildman–Crippen MR) is 136 cm³/mol. The fourth-order valence-corrected chi connectivity index (χ4v) is 4.79. The first-order valence-electron chi connectivity index (χ1n) is 11.8. The van der Waals surface area contributed by atoms with Gasteiger partial charge >= 0.3 is 6.18 Å². The number of aryl methyl sites for hydroxylation is 2. The zero-order valence-electron chi connectivity index (χ0n) is 21.0. The summed E-state index contributed by atoms with van der Waals surface area (Å²) in [6.45, 7) is 1.67. The summed E-state index contributed by atoms with van der Waals surface area (Å²) in [4.78, 5) is 12.1. The van der Waals surface area contributed by atoms with Crippen LogP contribution >= 0.6 is 0 Å². The summed E-state index contributed by atoms with van der Waals surface area (Å²) in [5, 5.41) is 32.6. The maximum absolute atomic E-state index is 13.6. The van der Waals surface area contributed by atoms with Gasteiger partial charge in [0.15, 0.2) is 5.60 Å². The van der Waals surface area contributed by atoms with Crippen LogP contribution in [0.4, 0.5) is 17.6 Å². The number of benzene rings is 2. The van der Waals surface area contributed by atoms with Crippen LogP contribution in [0, 0.1) is 35.4 Å². The van der Waals surface area contributed by atoms with Crippen molar-refractivity contribution in [2.75, 3.05) is 0 Å². The highest BCUT2D eigenvalue weighted by Gasteiger charge is 2.39. The molecule has 5 rings (SSSR count). The quantitative estimate of drug-likeness (QED) is 0.299. The fraction of sp³-hybridized carbons (Fsp3) is 0.138. The van der Waals surface area contributed by atoms with Gasteiger partial charge in [0.1, 0.15) is 29.3 Å². The number of aliphatic hydroxyl groups is 1. The Morgan fingerprint density at radius 1 is 0.950 bits per heavy atom. The Hall–Kier alpha value is -5.13. The third-order valence-corrected chi connectivity index (χ3v) is 6.71. The van der Waals surface area contributed by atoms with Gasteiger partial charge < -0.3 is 9.67 Å². The van der Waals surface area contributed by atoms with Gasteiger partial charge in [-0.1, -0.05) is 24.3 Å². The molecule has 0 saturated carbocycles. The molecule has 3 heterocycles.